The maximum atomic E-state index is 11.1. The monoisotopic (exact) mass is 263 g/mol. The molecule has 2 aromatic rings. The average molecular weight is 263 g/mol. The molecule has 0 radical (unpaired) electrons. The van der Waals surface area contributed by atoms with Gasteiger partial charge in [0.2, 0.25) is 0 Å². The number of hydrogen-bond acceptors (Lipinski definition) is 4. The topological polar surface area (TPSA) is 53.7 Å². The van der Waals surface area contributed by atoms with Gasteiger partial charge >= 0.3 is 5.97 Å². The molecule has 0 aliphatic carbocycles. The molecule has 94 valence electrons. The van der Waals surface area contributed by atoms with E-state index in [1.165, 1.54) is 0 Å². The van der Waals surface area contributed by atoms with Gasteiger partial charge in [-0.05, 0) is 12.1 Å². The molecule has 5 heteroatoms. The number of carbonyl (C=O) groups is 1. The van der Waals surface area contributed by atoms with Crippen molar-refractivity contribution in [2.45, 2.75) is 12.6 Å². The van der Waals surface area contributed by atoms with Crippen molar-refractivity contribution in [3.8, 4) is 0 Å². The van der Waals surface area contributed by atoms with Crippen LogP contribution in [0.25, 0.3) is 11.0 Å². The first-order valence-electron chi connectivity index (χ1n) is 5.76. The molecular weight excluding hydrogens is 250 g/mol. The molecule has 0 saturated carbocycles. The van der Waals surface area contributed by atoms with E-state index in [4.69, 9.17) is 9.52 Å². The molecule has 1 aliphatic heterocycles. The van der Waals surface area contributed by atoms with Crippen molar-refractivity contribution in [1.82, 2.24) is 4.90 Å². The van der Waals surface area contributed by atoms with E-state index < -0.39 is 12.0 Å². The molecule has 1 aromatic heterocycles. The van der Waals surface area contributed by atoms with Gasteiger partial charge in [0, 0.05) is 17.0 Å². The van der Waals surface area contributed by atoms with Gasteiger partial charge in [-0.25, -0.2) is 0 Å². The highest BCUT2D eigenvalue weighted by atomic mass is 32.2. The summed E-state index contributed by atoms with van der Waals surface area (Å²) in [4.78, 5) is 13.0. The number of benzene rings is 1. The van der Waals surface area contributed by atoms with Crippen LogP contribution in [0.4, 0.5) is 0 Å². The Morgan fingerprint density at radius 1 is 1.50 bits per heavy atom. The molecule has 1 saturated heterocycles. The van der Waals surface area contributed by atoms with Gasteiger partial charge in [0.05, 0.1) is 6.54 Å². The van der Waals surface area contributed by atoms with Crippen molar-refractivity contribution in [3.63, 3.8) is 0 Å². The largest absolute Gasteiger partial charge is 0.480 e. The third-order valence-corrected chi connectivity index (χ3v) is 4.16. The Hall–Kier alpha value is -1.46. The lowest BCUT2D eigenvalue weighted by atomic mass is 10.2. The van der Waals surface area contributed by atoms with E-state index in [0.717, 1.165) is 22.6 Å². The van der Waals surface area contributed by atoms with Crippen molar-refractivity contribution < 1.29 is 14.3 Å². The first kappa shape index (κ1) is 11.6. The summed E-state index contributed by atoms with van der Waals surface area (Å²) in [7, 11) is 0. The Morgan fingerprint density at radius 3 is 3.11 bits per heavy atom. The summed E-state index contributed by atoms with van der Waals surface area (Å²) in [5.74, 6) is 1.46. The van der Waals surface area contributed by atoms with Crippen molar-refractivity contribution in [2.75, 3.05) is 11.6 Å². The van der Waals surface area contributed by atoms with Crippen LogP contribution in [0.2, 0.25) is 0 Å². The lowest BCUT2D eigenvalue weighted by Gasteiger charge is -2.18. The quantitative estimate of drug-likeness (QED) is 0.921. The summed E-state index contributed by atoms with van der Waals surface area (Å²) in [6.45, 7) is 0.554. The number of aliphatic carboxylic acids is 1. The van der Waals surface area contributed by atoms with Crippen LogP contribution in [-0.4, -0.2) is 33.6 Å². The number of furan rings is 1. The van der Waals surface area contributed by atoms with E-state index in [1.807, 2.05) is 35.2 Å². The van der Waals surface area contributed by atoms with E-state index in [1.54, 1.807) is 11.8 Å². The Kier molecular flexibility index (Phi) is 3.01. The second kappa shape index (κ2) is 4.66. The van der Waals surface area contributed by atoms with Crippen molar-refractivity contribution in [2.24, 2.45) is 0 Å². The molecule has 1 fully saturated rings. The van der Waals surface area contributed by atoms with E-state index in [0.29, 0.717) is 12.3 Å². The molecule has 0 bridgehead atoms. The molecule has 1 aliphatic rings. The van der Waals surface area contributed by atoms with Gasteiger partial charge in [-0.3, -0.25) is 9.69 Å². The molecule has 3 rings (SSSR count). The van der Waals surface area contributed by atoms with Gasteiger partial charge in [-0.2, -0.15) is 0 Å². The highest BCUT2D eigenvalue weighted by molar-refractivity contribution is 7.99. The van der Waals surface area contributed by atoms with E-state index in [2.05, 4.69) is 0 Å². The standard InChI is InChI=1S/C13H13NO3S/c15-13(16)11-7-18-8-14(11)6-10-5-9-3-1-2-4-12(9)17-10/h1-5,11H,6-8H2,(H,15,16)/t11-/m1/s1. The highest BCUT2D eigenvalue weighted by Crippen LogP contribution is 2.26. The molecule has 1 aromatic carbocycles. The highest BCUT2D eigenvalue weighted by Gasteiger charge is 2.31. The zero-order valence-corrected chi connectivity index (χ0v) is 10.5. The van der Waals surface area contributed by atoms with E-state index in [9.17, 15) is 4.79 Å². The molecule has 0 unspecified atom stereocenters. The number of nitrogens with zero attached hydrogens (tertiary/aromatic N) is 1. The summed E-state index contributed by atoms with van der Waals surface area (Å²) in [5.41, 5.74) is 0.853. The maximum absolute atomic E-state index is 11.1. The van der Waals surface area contributed by atoms with Gasteiger partial charge < -0.3 is 9.52 Å². The van der Waals surface area contributed by atoms with Crippen molar-refractivity contribution in [1.29, 1.82) is 0 Å². The lowest BCUT2D eigenvalue weighted by Crippen LogP contribution is -2.36. The normalized spacial score (nSPS) is 20.6. The molecule has 0 spiro atoms. The SMILES string of the molecule is O=C(O)[C@H]1CSCN1Cc1cc2ccccc2o1. The van der Waals surface area contributed by atoms with Crippen molar-refractivity contribution in [3.05, 3.63) is 36.1 Å². The van der Waals surface area contributed by atoms with Crippen LogP contribution in [0.15, 0.2) is 34.7 Å². The smallest absolute Gasteiger partial charge is 0.321 e. The van der Waals surface area contributed by atoms with Crippen LogP contribution >= 0.6 is 11.8 Å². The summed E-state index contributed by atoms with van der Waals surface area (Å²) < 4.78 is 5.71. The van der Waals surface area contributed by atoms with Gasteiger partial charge in [-0.1, -0.05) is 18.2 Å². The number of carboxylic acid groups (broad SMARTS) is 1. The number of rotatable bonds is 3. The fraction of sp³-hybridized carbons (Fsp3) is 0.308. The number of thioether (sulfide) groups is 1. The summed E-state index contributed by atoms with van der Waals surface area (Å²) in [6.07, 6.45) is 0. The van der Waals surface area contributed by atoms with Gasteiger partial charge in [0.25, 0.3) is 0 Å². The summed E-state index contributed by atoms with van der Waals surface area (Å²) in [5, 5.41) is 10.2. The summed E-state index contributed by atoms with van der Waals surface area (Å²) >= 11 is 1.65. The van der Waals surface area contributed by atoms with Gasteiger partial charge in [0.1, 0.15) is 17.4 Å². The van der Waals surface area contributed by atoms with Gasteiger partial charge in [-0.15, -0.1) is 11.8 Å². The van der Waals surface area contributed by atoms with Crippen molar-refractivity contribution >= 4 is 28.7 Å². The van der Waals surface area contributed by atoms with Crippen LogP contribution < -0.4 is 0 Å². The first-order valence-corrected chi connectivity index (χ1v) is 6.91. The molecule has 18 heavy (non-hydrogen) atoms. The van der Waals surface area contributed by atoms with Gasteiger partial charge in [0.15, 0.2) is 0 Å². The Morgan fingerprint density at radius 2 is 2.33 bits per heavy atom. The fourth-order valence-electron chi connectivity index (χ4n) is 2.18. The van der Waals surface area contributed by atoms with E-state index >= 15 is 0 Å². The first-order chi connectivity index (χ1) is 8.74. The second-order valence-corrected chi connectivity index (χ2v) is 5.35. The fourth-order valence-corrected chi connectivity index (χ4v) is 3.36. The molecule has 2 heterocycles. The van der Waals surface area contributed by atoms with Crippen LogP contribution in [0.1, 0.15) is 5.76 Å². The van der Waals surface area contributed by atoms with Crippen LogP contribution in [0.5, 0.6) is 0 Å². The van der Waals surface area contributed by atoms with Crippen LogP contribution in [0.3, 0.4) is 0 Å². The predicted octanol–water partition coefficient (Wildman–Crippen LogP) is 2.39. The average Bonchev–Trinajstić information content (AvgIpc) is 2.94. The number of hydrogen-bond donors (Lipinski definition) is 1. The summed E-state index contributed by atoms with van der Waals surface area (Å²) in [6, 6.07) is 9.40. The minimum atomic E-state index is -0.754. The van der Waals surface area contributed by atoms with Crippen LogP contribution in [-0.2, 0) is 11.3 Å². The number of carboxylic acids is 1. The number of para-hydroxylation sites is 1. The zero-order chi connectivity index (χ0) is 12.5. The second-order valence-electron chi connectivity index (χ2n) is 4.35. The van der Waals surface area contributed by atoms with E-state index in [-0.39, 0.29) is 0 Å². The Bertz CT molecular complexity index is 547. The minimum Gasteiger partial charge on any atom is -0.480 e. The zero-order valence-electron chi connectivity index (χ0n) is 9.70. The lowest BCUT2D eigenvalue weighted by molar-refractivity contribution is -0.141. The Balaban J connectivity index is 1.81. The third-order valence-electron chi connectivity index (χ3n) is 3.09. The number of fused-ring (bicyclic) bond motifs is 1. The minimum absolute atomic E-state index is 0.400. The molecular formula is C13H13NO3S. The Labute approximate surface area is 109 Å². The van der Waals surface area contributed by atoms with Crippen LogP contribution in [0, 0.1) is 0 Å². The molecule has 1 atom stereocenters. The molecule has 4 nitrogen and oxygen atoms in total. The molecule has 0 amide bonds. The maximum Gasteiger partial charge on any atom is 0.321 e. The molecule has 1 N–H and O–H groups in total. The third kappa shape index (κ3) is 2.11. The predicted molar refractivity (Wildman–Crippen MR) is 70.5 cm³/mol.